The third-order valence-corrected chi connectivity index (χ3v) is 6.23. The fourth-order valence-corrected chi connectivity index (χ4v) is 3.94. The van der Waals surface area contributed by atoms with Crippen molar-refractivity contribution in [2.24, 2.45) is 0 Å². The van der Waals surface area contributed by atoms with Gasteiger partial charge in [0.1, 0.15) is 17.1 Å². The van der Waals surface area contributed by atoms with Crippen molar-refractivity contribution in [2.45, 2.75) is 13.8 Å². The van der Waals surface area contributed by atoms with Gasteiger partial charge in [0.05, 0.1) is 5.75 Å². The number of H-pyrrole nitrogens is 1. The van der Waals surface area contributed by atoms with Crippen LogP contribution in [0.1, 0.15) is 12.6 Å². The lowest BCUT2D eigenvalue weighted by atomic mass is 10.0. The number of benzene rings is 2. The van der Waals surface area contributed by atoms with Gasteiger partial charge < -0.3 is 14.9 Å². The molecule has 0 fully saturated rings. The minimum Gasteiger partial charge on any atom is -0.618 e. The van der Waals surface area contributed by atoms with Crippen LogP contribution in [-0.2, 0) is 10.0 Å². The molecule has 4 rings (SSSR count). The van der Waals surface area contributed by atoms with E-state index in [0.29, 0.717) is 33.9 Å². The van der Waals surface area contributed by atoms with E-state index in [1.165, 1.54) is 25.1 Å². The molecule has 0 unspecified atom stereocenters. The molecule has 0 atom stereocenters. The second-order valence-corrected chi connectivity index (χ2v) is 9.14. The lowest BCUT2D eigenvalue weighted by Gasteiger charge is -2.16. The van der Waals surface area contributed by atoms with Crippen LogP contribution in [0.4, 0.5) is 14.5 Å². The van der Waals surface area contributed by atoms with E-state index in [-0.39, 0.29) is 22.9 Å². The van der Waals surface area contributed by atoms with E-state index in [0.717, 1.165) is 16.9 Å². The van der Waals surface area contributed by atoms with Crippen molar-refractivity contribution >= 4 is 26.7 Å². The molecular formula is C22H19F2N3O4S. The SMILES string of the molecule is CCS(=O)(=O)Nc1ccc(Oc2ccc(F)cc2F)c(-c2cc(C)[n+]([O-])c3cc[nH]c23)c1. The fourth-order valence-electron chi connectivity index (χ4n) is 3.31. The Morgan fingerprint density at radius 1 is 1.06 bits per heavy atom. The molecule has 0 bridgehead atoms. The number of aromatic amines is 1. The Labute approximate surface area is 182 Å². The predicted octanol–water partition coefficient (Wildman–Crippen LogP) is 4.61. The molecule has 0 aliphatic heterocycles. The summed E-state index contributed by atoms with van der Waals surface area (Å²) in [5.41, 5.74) is 2.48. The van der Waals surface area contributed by atoms with Gasteiger partial charge in [-0.25, -0.2) is 17.2 Å². The Balaban J connectivity index is 1.92. The molecular weight excluding hydrogens is 440 g/mol. The van der Waals surface area contributed by atoms with E-state index in [1.807, 2.05) is 0 Å². The molecule has 166 valence electrons. The monoisotopic (exact) mass is 459 g/mol. The summed E-state index contributed by atoms with van der Waals surface area (Å²) in [6.45, 7) is 3.14. The van der Waals surface area contributed by atoms with Gasteiger partial charge in [-0.05, 0) is 37.3 Å². The quantitative estimate of drug-likeness (QED) is 0.325. The number of halogens is 2. The fraction of sp³-hybridized carbons (Fsp3) is 0.136. The molecule has 0 saturated heterocycles. The molecule has 32 heavy (non-hydrogen) atoms. The Hall–Kier alpha value is -3.66. The first kappa shape index (κ1) is 21.6. The standard InChI is InChI=1S/C22H19F2N3O4S/c1-3-32(29,30)26-15-5-7-20(31-21-6-4-14(23)11-18(21)24)16(12-15)17-10-13(2)27(28)19-8-9-25-22(17)19/h4-12,25-26H,3H2,1-2H3. The Morgan fingerprint density at radius 2 is 1.81 bits per heavy atom. The highest BCUT2D eigenvalue weighted by Crippen LogP contribution is 2.39. The number of ether oxygens (including phenoxy) is 1. The third kappa shape index (κ3) is 4.09. The van der Waals surface area contributed by atoms with Gasteiger partial charge in [-0.3, -0.25) is 4.72 Å². The molecule has 4 aromatic rings. The summed E-state index contributed by atoms with van der Waals surface area (Å²) in [6.07, 6.45) is 1.60. The van der Waals surface area contributed by atoms with Crippen LogP contribution in [-0.4, -0.2) is 19.2 Å². The molecule has 0 aliphatic rings. The van der Waals surface area contributed by atoms with E-state index >= 15 is 0 Å². The van der Waals surface area contributed by atoms with Crippen molar-refractivity contribution in [3.8, 4) is 22.6 Å². The van der Waals surface area contributed by atoms with E-state index in [1.54, 1.807) is 25.3 Å². The normalized spacial score (nSPS) is 11.6. The minimum absolute atomic E-state index is 0.122. The molecule has 0 radical (unpaired) electrons. The number of hydrogen-bond donors (Lipinski definition) is 2. The van der Waals surface area contributed by atoms with Gasteiger partial charge >= 0.3 is 0 Å². The number of hydrogen-bond acceptors (Lipinski definition) is 4. The number of fused-ring (bicyclic) bond motifs is 1. The highest BCUT2D eigenvalue weighted by molar-refractivity contribution is 7.92. The van der Waals surface area contributed by atoms with Crippen LogP contribution >= 0.6 is 0 Å². The highest BCUT2D eigenvalue weighted by Gasteiger charge is 2.20. The van der Waals surface area contributed by atoms with E-state index in [2.05, 4.69) is 9.71 Å². The molecule has 2 N–H and O–H groups in total. The second kappa shape index (κ2) is 8.12. The number of anilines is 1. The van der Waals surface area contributed by atoms with Crippen LogP contribution in [0.2, 0.25) is 0 Å². The molecule has 2 aromatic heterocycles. The molecule has 10 heteroatoms. The summed E-state index contributed by atoms with van der Waals surface area (Å²) in [4.78, 5) is 3.00. The Kier molecular flexibility index (Phi) is 5.47. The van der Waals surface area contributed by atoms with Crippen molar-refractivity contribution in [2.75, 3.05) is 10.5 Å². The second-order valence-electron chi connectivity index (χ2n) is 7.12. The zero-order valence-electron chi connectivity index (χ0n) is 17.1. The number of rotatable bonds is 6. The van der Waals surface area contributed by atoms with Crippen LogP contribution in [0, 0.1) is 23.8 Å². The number of pyridine rings is 1. The number of aromatic nitrogens is 2. The molecule has 7 nitrogen and oxygen atoms in total. The maximum atomic E-state index is 14.2. The summed E-state index contributed by atoms with van der Waals surface area (Å²) in [5.74, 6) is -1.77. The van der Waals surface area contributed by atoms with Gasteiger partial charge in [0.15, 0.2) is 17.3 Å². The van der Waals surface area contributed by atoms with Crippen molar-refractivity contribution in [3.05, 3.63) is 77.3 Å². The van der Waals surface area contributed by atoms with Crippen molar-refractivity contribution in [1.29, 1.82) is 0 Å². The van der Waals surface area contributed by atoms with Crippen LogP contribution in [0.5, 0.6) is 11.5 Å². The van der Waals surface area contributed by atoms with E-state index in [4.69, 9.17) is 4.74 Å². The maximum absolute atomic E-state index is 14.2. The average Bonchev–Trinajstić information content (AvgIpc) is 3.24. The molecule has 0 aliphatic carbocycles. The molecule has 0 spiro atoms. The van der Waals surface area contributed by atoms with Crippen molar-refractivity contribution in [3.63, 3.8) is 0 Å². The molecule has 2 heterocycles. The Bertz CT molecular complexity index is 1430. The first-order valence-corrected chi connectivity index (χ1v) is 11.3. The number of aryl methyl sites for hydroxylation is 1. The van der Waals surface area contributed by atoms with Gasteiger partial charge in [0, 0.05) is 48.1 Å². The van der Waals surface area contributed by atoms with E-state index in [9.17, 15) is 22.4 Å². The predicted molar refractivity (Wildman–Crippen MR) is 117 cm³/mol. The Morgan fingerprint density at radius 3 is 2.53 bits per heavy atom. The first-order chi connectivity index (χ1) is 15.2. The van der Waals surface area contributed by atoms with Crippen LogP contribution < -0.4 is 14.2 Å². The summed E-state index contributed by atoms with van der Waals surface area (Å²) in [5, 5.41) is 12.4. The number of sulfonamides is 1. The van der Waals surface area contributed by atoms with E-state index < -0.39 is 21.7 Å². The maximum Gasteiger partial charge on any atom is 0.242 e. The van der Waals surface area contributed by atoms with Gasteiger partial charge in [-0.15, -0.1) is 0 Å². The number of nitrogens with one attached hydrogen (secondary N) is 2. The highest BCUT2D eigenvalue weighted by atomic mass is 32.2. The van der Waals surface area contributed by atoms with Gasteiger partial charge in [-0.1, -0.05) is 0 Å². The third-order valence-electron chi connectivity index (χ3n) is 4.92. The molecule has 0 amide bonds. The zero-order valence-corrected chi connectivity index (χ0v) is 18.0. The lowest BCUT2D eigenvalue weighted by molar-refractivity contribution is -0.584. The van der Waals surface area contributed by atoms with Gasteiger partial charge in [-0.2, -0.15) is 4.73 Å². The van der Waals surface area contributed by atoms with Gasteiger partial charge in [0.25, 0.3) is 0 Å². The van der Waals surface area contributed by atoms with Crippen molar-refractivity contribution < 1.29 is 26.7 Å². The van der Waals surface area contributed by atoms with Gasteiger partial charge in [0.2, 0.25) is 15.5 Å². The topological polar surface area (TPSA) is 98.1 Å². The molecule has 0 saturated carbocycles. The number of nitrogens with zero attached hydrogens (tertiary/aromatic N) is 1. The van der Waals surface area contributed by atoms with Crippen molar-refractivity contribution in [1.82, 2.24) is 4.98 Å². The van der Waals surface area contributed by atoms with Crippen LogP contribution in [0.25, 0.3) is 22.2 Å². The minimum atomic E-state index is -3.56. The summed E-state index contributed by atoms with van der Waals surface area (Å²) < 4.78 is 60.6. The average molecular weight is 459 g/mol. The summed E-state index contributed by atoms with van der Waals surface area (Å²) >= 11 is 0. The molecule has 2 aromatic carbocycles. The zero-order chi connectivity index (χ0) is 23.0. The van der Waals surface area contributed by atoms with Crippen LogP contribution in [0.15, 0.2) is 54.7 Å². The first-order valence-electron chi connectivity index (χ1n) is 9.66. The smallest absolute Gasteiger partial charge is 0.242 e. The lowest BCUT2D eigenvalue weighted by Crippen LogP contribution is -2.30. The van der Waals surface area contributed by atoms with Crippen LogP contribution in [0.3, 0.4) is 0 Å². The summed E-state index contributed by atoms with van der Waals surface area (Å²) in [6, 6.07) is 10.7. The summed E-state index contributed by atoms with van der Waals surface area (Å²) in [7, 11) is -3.56. The largest absolute Gasteiger partial charge is 0.618 e.